The Hall–Kier alpha value is -0.310. The molecule has 0 aromatic rings. The van der Waals surface area contributed by atoms with E-state index in [0.29, 0.717) is 0 Å². The van der Waals surface area contributed by atoms with Gasteiger partial charge in [-0.05, 0) is 0 Å². The summed E-state index contributed by atoms with van der Waals surface area (Å²) in [7, 11) is -8.67. The molecule has 0 saturated heterocycles. The summed E-state index contributed by atoms with van der Waals surface area (Å²) in [5.41, 5.74) is 0. The third kappa shape index (κ3) is 7.04. The average molecular weight is 280 g/mol. The van der Waals surface area contributed by atoms with Crippen LogP contribution in [0.1, 0.15) is 0 Å². The first-order valence-corrected chi connectivity index (χ1v) is 6.60. The maximum atomic E-state index is 10.8. The van der Waals surface area contributed by atoms with Crippen molar-refractivity contribution >= 4 is 21.6 Å². The normalized spacial score (nSPS) is 17.8. The second-order valence-corrected chi connectivity index (χ2v) is 5.12. The number of carboxylic acids is 1. The first kappa shape index (κ1) is 15.7. The molecular weight excluding hydrogens is 270 g/mol. The molecule has 0 heterocycles. The third-order valence-corrected chi connectivity index (χ3v) is 2.63. The van der Waals surface area contributed by atoms with E-state index in [2.05, 4.69) is 13.6 Å². The van der Waals surface area contributed by atoms with Gasteiger partial charge in [0.25, 0.3) is 0 Å². The molecule has 0 rings (SSSR count). The van der Waals surface area contributed by atoms with Gasteiger partial charge in [-0.25, -0.2) is 13.9 Å². The zero-order valence-corrected chi connectivity index (χ0v) is 9.71. The van der Waals surface area contributed by atoms with Crippen molar-refractivity contribution in [3.05, 3.63) is 0 Å². The summed E-state index contributed by atoms with van der Waals surface area (Å²) in [5.74, 6) is -1.74. The van der Waals surface area contributed by atoms with Gasteiger partial charge in [-0.3, -0.25) is 13.6 Å². The quantitative estimate of drug-likeness (QED) is 0.439. The summed E-state index contributed by atoms with van der Waals surface area (Å²) in [5, 5.41) is 8.48. The summed E-state index contributed by atoms with van der Waals surface area (Å²) in [6.45, 7) is -1.10. The van der Waals surface area contributed by atoms with E-state index in [-0.39, 0.29) is 0 Å². The summed E-state index contributed by atoms with van der Waals surface area (Å²) < 4.78 is 32.9. The van der Waals surface area contributed by atoms with Crippen LogP contribution in [0, 0.1) is 0 Å². The minimum atomic E-state index is -4.89. The van der Waals surface area contributed by atoms with Crippen LogP contribution in [0.2, 0.25) is 0 Å². The Labute approximate surface area is 89.6 Å². The number of carbonyl (C=O) groups is 1. The van der Waals surface area contributed by atoms with E-state index in [4.69, 9.17) is 19.8 Å². The predicted octanol–water partition coefficient (Wildman–Crippen LogP) is -0.688. The molecule has 4 N–H and O–H groups in total. The van der Waals surface area contributed by atoms with Crippen LogP contribution in [0.25, 0.3) is 0 Å². The molecule has 16 heavy (non-hydrogen) atoms. The molecule has 12 heteroatoms. The Balaban J connectivity index is 4.48. The van der Waals surface area contributed by atoms with Gasteiger partial charge in [-0.2, -0.15) is 0 Å². The van der Waals surface area contributed by atoms with Crippen molar-refractivity contribution in [3.63, 3.8) is 0 Å². The van der Waals surface area contributed by atoms with Crippen LogP contribution in [0.5, 0.6) is 0 Å². The Kier molecular flexibility index (Phi) is 5.74. The molecule has 0 aliphatic rings. The molecule has 1 unspecified atom stereocenters. The van der Waals surface area contributed by atoms with Gasteiger partial charge in [0, 0.05) is 7.11 Å². The summed E-state index contributed by atoms with van der Waals surface area (Å²) in [6.07, 6.45) is -2.04. The average Bonchev–Trinajstić information content (AvgIpc) is 2.10. The monoisotopic (exact) mass is 280 g/mol. The smallest absolute Gasteiger partial charge is 0.472 e. The lowest BCUT2D eigenvalue weighted by Crippen LogP contribution is -2.28. The number of hydrogen-bond donors (Lipinski definition) is 4. The minimum Gasteiger partial charge on any atom is -0.479 e. The van der Waals surface area contributed by atoms with Gasteiger partial charge in [-0.15, -0.1) is 0 Å². The van der Waals surface area contributed by atoms with Gasteiger partial charge >= 0.3 is 21.6 Å². The molecule has 0 aromatic heterocycles. The molecule has 0 aliphatic carbocycles. The summed E-state index contributed by atoms with van der Waals surface area (Å²) in [6, 6.07) is 0. The highest BCUT2D eigenvalue weighted by Crippen LogP contribution is 2.44. The van der Waals surface area contributed by atoms with E-state index in [1.54, 1.807) is 0 Å². The van der Waals surface area contributed by atoms with Crippen molar-refractivity contribution in [2.24, 2.45) is 0 Å². The number of carboxylic acid groups (broad SMARTS) is 1. The standard InChI is InChI=1S/C4H10O10P2/c1-12-16(10,11)14-3(4(5)6)2-13-15(7,8)9/h3H,2H2,1H3,(H,5,6)(H,10,11)(H2,7,8,9)/t3-/m1/s1. The fourth-order valence-corrected chi connectivity index (χ4v) is 1.40. The number of rotatable bonds is 7. The maximum absolute atomic E-state index is 10.8. The lowest BCUT2D eigenvalue weighted by Gasteiger charge is -2.16. The molecule has 10 nitrogen and oxygen atoms in total. The van der Waals surface area contributed by atoms with Crippen molar-refractivity contribution < 1.29 is 47.3 Å². The fraction of sp³-hybridized carbons (Fsp3) is 0.750. The van der Waals surface area contributed by atoms with Gasteiger partial charge in [0.15, 0.2) is 6.10 Å². The second-order valence-electron chi connectivity index (χ2n) is 2.37. The Morgan fingerprint density at radius 2 is 1.81 bits per heavy atom. The molecule has 0 aliphatic heterocycles. The zero-order valence-electron chi connectivity index (χ0n) is 7.92. The van der Waals surface area contributed by atoms with Crippen LogP contribution in [0.15, 0.2) is 0 Å². The van der Waals surface area contributed by atoms with E-state index in [9.17, 15) is 13.9 Å². The summed E-state index contributed by atoms with van der Waals surface area (Å²) in [4.78, 5) is 35.8. The number of phosphoric acid groups is 2. The molecule has 0 fully saturated rings. The number of aliphatic carboxylic acids is 1. The van der Waals surface area contributed by atoms with Gasteiger partial charge in [0.1, 0.15) is 0 Å². The van der Waals surface area contributed by atoms with Crippen molar-refractivity contribution in [2.45, 2.75) is 6.10 Å². The Bertz CT molecular complexity index is 332. The molecule has 0 radical (unpaired) electrons. The van der Waals surface area contributed by atoms with Crippen LogP contribution in [0.4, 0.5) is 0 Å². The largest absolute Gasteiger partial charge is 0.479 e. The van der Waals surface area contributed by atoms with Crippen molar-refractivity contribution in [3.8, 4) is 0 Å². The molecule has 0 bridgehead atoms. The van der Waals surface area contributed by atoms with Crippen LogP contribution in [-0.2, 0) is 27.5 Å². The van der Waals surface area contributed by atoms with Crippen molar-refractivity contribution in [1.29, 1.82) is 0 Å². The minimum absolute atomic E-state index is 0.795. The molecule has 0 amide bonds. The third-order valence-electron chi connectivity index (χ3n) is 1.16. The van der Waals surface area contributed by atoms with E-state index < -0.39 is 34.3 Å². The van der Waals surface area contributed by atoms with Crippen LogP contribution >= 0.6 is 15.6 Å². The number of phosphoric ester groups is 2. The molecular formula is C4H10O10P2. The van der Waals surface area contributed by atoms with E-state index in [0.717, 1.165) is 7.11 Å². The Morgan fingerprint density at radius 1 is 1.31 bits per heavy atom. The highest BCUT2D eigenvalue weighted by Gasteiger charge is 2.32. The van der Waals surface area contributed by atoms with Crippen molar-refractivity contribution in [2.75, 3.05) is 13.7 Å². The fourth-order valence-electron chi connectivity index (χ4n) is 0.515. The lowest BCUT2D eigenvalue weighted by atomic mass is 10.4. The highest BCUT2D eigenvalue weighted by atomic mass is 31.2. The molecule has 0 saturated carbocycles. The number of hydrogen-bond acceptors (Lipinski definition) is 6. The zero-order chi connectivity index (χ0) is 13.0. The van der Waals surface area contributed by atoms with E-state index in [1.807, 2.05) is 0 Å². The topological polar surface area (TPSA) is 160 Å². The van der Waals surface area contributed by atoms with E-state index >= 15 is 0 Å². The molecule has 96 valence electrons. The van der Waals surface area contributed by atoms with Crippen LogP contribution in [-0.4, -0.2) is 45.6 Å². The van der Waals surface area contributed by atoms with Crippen LogP contribution in [0.3, 0.4) is 0 Å². The lowest BCUT2D eigenvalue weighted by molar-refractivity contribution is -0.147. The predicted molar refractivity (Wildman–Crippen MR) is 47.3 cm³/mol. The first-order chi connectivity index (χ1) is 7.07. The molecule has 0 aromatic carbocycles. The Morgan fingerprint density at radius 3 is 2.12 bits per heavy atom. The van der Waals surface area contributed by atoms with Gasteiger partial charge < -0.3 is 19.8 Å². The summed E-state index contributed by atoms with van der Waals surface area (Å²) >= 11 is 0. The SMILES string of the molecule is COP(=O)(O)O[C@H](COP(=O)(O)O)C(=O)O. The van der Waals surface area contributed by atoms with Gasteiger partial charge in [0.05, 0.1) is 6.61 Å². The maximum Gasteiger partial charge on any atom is 0.472 e. The highest BCUT2D eigenvalue weighted by molar-refractivity contribution is 7.47. The van der Waals surface area contributed by atoms with Crippen LogP contribution < -0.4 is 0 Å². The van der Waals surface area contributed by atoms with Gasteiger partial charge in [-0.1, -0.05) is 0 Å². The first-order valence-electron chi connectivity index (χ1n) is 3.57. The molecule has 2 atom stereocenters. The van der Waals surface area contributed by atoms with Gasteiger partial charge in [0.2, 0.25) is 0 Å². The van der Waals surface area contributed by atoms with Crippen molar-refractivity contribution in [1.82, 2.24) is 0 Å². The second kappa shape index (κ2) is 5.85. The van der Waals surface area contributed by atoms with E-state index in [1.165, 1.54) is 0 Å². The molecule has 0 spiro atoms.